The van der Waals surface area contributed by atoms with Gasteiger partial charge < -0.3 is 4.74 Å². The van der Waals surface area contributed by atoms with E-state index >= 15 is 0 Å². The van der Waals surface area contributed by atoms with Crippen LogP contribution in [-0.2, 0) is 9.53 Å². The van der Waals surface area contributed by atoms with Gasteiger partial charge in [-0.2, -0.15) is 0 Å². The molecule has 0 aliphatic heterocycles. The summed E-state index contributed by atoms with van der Waals surface area (Å²) in [6.07, 6.45) is 1.63. The molecular weight excluding hydrogens is 195 g/mol. The standard InChI is InChI=1S/C5H10Cl2O2S/c1-3-9-5(8)4-10(2,6)7/h3-4H2,1-2H3. The van der Waals surface area contributed by atoms with Gasteiger partial charge >= 0.3 is 5.97 Å². The van der Waals surface area contributed by atoms with Crippen LogP contribution in [0.4, 0.5) is 0 Å². The maximum Gasteiger partial charge on any atom is 0.316 e. The summed E-state index contributed by atoms with van der Waals surface area (Å²) in [5, 5.41) is 0. The molecule has 0 heterocycles. The fraction of sp³-hybridized carbons (Fsp3) is 0.800. The summed E-state index contributed by atoms with van der Waals surface area (Å²) in [6, 6.07) is 0. The molecule has 0 aliphatic rings. The van der Waals surface area contributed by atoms with Crippen molar-refractivity contribution in [2.75, 3.05) is 18.6 Å². The Kier molecular flexibility index (Phi) is 4.49. The number of ether oxygens (including phenoxy) is 1. The van der Waals surface area contributed by atoms with Gasteiger partial charge in [-0.15, -0.1) is 0 Å². The van der Waals surface area contributed by atoms with Gasteiger partial charge in [0, 0.05) is 0 Å². The van der Waals surface area contributed by atoms with Crippen molar-refractivity contribution in [3.63, 3.8) is 0 Å². The molecule has 0 saturated carbocycles. The number of hydrogen-bond acceptors (Lipinski definition) is 2. The van der Waals surface area contributed by atoms with Crippen LogP contribution in [0.5, 0.6) is 0 Å². The van der Waals surface area contributed by atoms with Crippen LogP contribution in [0.1, 0.15) is 6.92 Å². The first kappa shape index (κ1) is 10.4. The van der Waals surface area contributed by atoms with E-state index in [0.29, 0.717) is 6.61 Å². The Morgan fingerprint density at radius 3 is 2.40 bits per heavy atom. The van der Waals surface area contributed by atoms with Gasteiger partial charge in [0.1, 0.15) is 5.75 Å². The maximum atomic E-state index is 10.7. The molecule has 0 N–H and O–H groups in total. The van der Waals surface area contributed by atoms with E-state index < -0.39 is 8.46 Å². The molecule has 0 saturated heterocycles. The monoisotopic (exact) mass is 204 g/mol. The first-order chi connectivity index (χ1) is 4.45. The lowest BCUT2D eigenvalue weighted by Gasteiger charge is -2.16. The van der Waals surface area contributed by atoms with Gasteiger partial charge in [-0.25, -0.2) is 0 Å². The predicted molar refractivity (Wildman–Crippen MR) is 46.7 cm³/mol. The fourth-order valence-corrected chi connectivity index (χ4v) is 1.44. The predicted octanol–water partition coefficient (Wildman–Crippen LogP) is 2.29. The summed E-state index contributed by atoms with van der Waals surface area (Å²) in [7, 11) is 9.45. The van der Waals surface area contributed by atoms with E-state index in [9.17, 15) is 4.79 Å². The second-order valence-electron chi connectivity index (χ2n) is 1.82. The third kappa shape index (κ3) is 6.52. The highest BCUT2D eigenvalue weighted by atomic mass is 36.0. The first-order valence-corrected chi connectivity index (χ1v) is 6.63. The highest BCUT2D eigenvalue weighted by Crippen LogP contribution is 2.54. The van der Waals surface area contributed by atoms with Crippen molar-refractivity contribution < 1.29 is 9.53 Å². The van der Waals surface area contributed by atoms with E-state index in [1.165, 1.54) is 0 Å². The summed E-state index contributed by atoms with van der Waals surface area (Å²) in [6.45, 7) is 2.12. The Morgan fingerprint density at radius 1 is 1.60 bits per heavy atom. The Labute approximate surface area is 71.1 Å². The van der Waals surface area contributed by atoms with E-state index in [0.717, 1.165) is 0 Å². The lowest BCUT2D eigenvalue weighted by atomic mass is 10.8. The average molecular weight is 205 g/mol. The molecule has 0 bridgehead atoms. The van der Waals surface area contributed by atoms with Crippen LogP contribution in [0.25, 0.3) is 0 Å². The highest BCUT2D eigenvalue weighted by molar-refractivity contribution is 8.65. The van der Waals surface area contributed by atoms with Crippen LogP contribution in [0.2, 0.25) is 0 Å². The molecule has 0 fully saturated rings. The van der Waals surface area contributed by atoms with Gasteiger partial charge in [0.2, 0.25) is 0 Å². The van der Waals surface area contributed by atoms with Crippen molar-refractivity contribution in [3.8, 4) is 0 Å². The molecule has 0 rings (SSSR count). The van der Waals surface area contributed by atoms with Crippen LogP contribution >= 0.6 is 29.8 Å². The second-order valence-corrected chi connectivity index (χ2v) is 8.42. The van der Waals surface area contributed by atoms with Gasteiger partial charge in [0.25, 0.3) is 0 Å². The molecule has 5 heteroatoms. The minimum absolute atomic E-state index is 0.115. The quantitative estimate of drug-likeness (QED) is 0.660. The molecule has 0 aromatic carbocycles. The zero-order valence-corrected chi connectivity index (χ0v) is 8.22. The molecule has 0 aromatic rings. The summed E-state index contributed by atoms with van der Waals surface area (Å²) in [5.74, 6) is -0.214. The minimum Gasteiger partial charge on any atom is -0.465 e. The Hall–Kier alpha value is 0.400. The molecule has 0 spiro atoms. The lowest BCUT2D eigenvalue weighted by Crippen LogP contribution is -2.10. The summed E-state index contributed by atoms with van der Waals surface area (Å²) in [5.41, 5.74) is 0. The maximum absolute atomic E-state index is 10.7. The number of rotatable bonds is 3. The van der Waals surface area contributed by atoms with Crippen molar-refractivity contribution in [2.24, 2.45) is 0 Å². The Bertz CT molecular complexity index is 121. The van der Waals surface area contributed by atoms with Gasteiger partial charge in [-0.3, -0.25) is 4.79 Å². The lowest BCUT2D eigenvalue weighted by molar-refractivity contribution is -0.139. The van der Waals surface area contributed by atoms with Crippen molar-refractivity contribution in [2.45, 2.75) is 6.92 Å². The third-order valence-corrected chi connectivity index (χ3v) is 2.07. The molecule has 0 radical (unpaired) electrons. The smallest absolute Gasteiger partial charge is 0.316 e. The average Bonchev–Trinajstić information content (AvgIpc) is 1.59. The number of esters is 1. The SMILES string of the molecule is CCOC(=O)CS(C)(Cl)Cl. The molecule has 0 aliphatic carbocycles. The van der Waals surface area contributed by atoms with Crippen LogP contribution in [-0.4, -0.2) is 24.6 Å². The van der Waals surface area contributed by atoms with E-state index in [2.05, 4.69) is 4.74 Å². The van der Waals surface area contributed by atoms with Crippen molar-refractivity contribution in [1.29, 1.82) is 0 Å². The van der Waals surface area contributed by atoms with Crippen molar-refractivity contribution in [1.82, 2.24) is 0 Å². The Balaban J connectivity index is 3.58. The first-order valence-electron chi connectivity index (χ1n) is 2.76. The normalized spacial score (nSPS) is 12.8. The molecule has 0 amide bonds. The fourth-order valence-electron chi connectivity index (χ4n) is 0.410. The molecule has 0 atom stereocenters. The van der Waals surface area contributed by atoms with E-state index in [-0.39, 0.29) is 11.7 Å². The second kappa shape index (κ2) is 4.31. The number of carbonyl (C=O) groups is 1. The van der Waals surface area contributed by atoms with Crippen LogP contribution in [0.3, 0.4) is 0 Å². The summed E-state index contributed by atoms with van der Waals surface area (Å²) in [4.78, 5) is 10.7. The van der Waals surface area contributed by atoms with Crippen LogP contribution in [0.15, 0.2) is 0 Å². The molecular formula is C5H10Cl2O2S. The van der Waals surface area contributed by atoms with E-state index in [4.69, 9.17) is 21.4 Å². The summed E-state index contributed by atoms with van der Waals surface area (Å²) >= 11 is 0. The van der Waals surface area contributed by atoms with Gasteiger partial charge in [-0.05, 0) is 13.2 Å². The van der Waals surface area contributed by atoms with Gasteiger partial charge in [-0.1, -0.05) is 29.8 Å². The molecule has 62 valence electrons. The minimum atomic E-state index is -1.78. The molecule has 2 nitrogen and oxygen atoms in total. The molecule has 10 heavy (non-hydrogen) atoms. The number of carbonyl (C=O) groups excluding carboxylic acids is 1. The highest BCUT2D eigenvalue weighted by Gasteiger charge is 2.16. The van der Waals surface area contributed by atoms with Crippen LogP contribution in [0, 0.1) is 0 Å². The van der Waals surface area contributed by atoms with Gasteiger partial charge in [0.05, 0.1) is 6.61 Å². The van der Waals surface area contributed by atoms with Crippen LogP contribution < -0.4 is 0 Å². The van der Waals surface area contributed by atoms with E-state index in [1.54, 1.807) is 13.2 Å². The van der Waals surface area contributed by atoms with Crippen molar-refractivity contribution in [3.05, 3.63) is 0 Å². The number of hydrogen-bond donors (Lipinski definition) is 0. The zero-order chi connectivity index (χ0) is 8.20. The topological polar surface area (TPSA) is 26.3 Å². The van der Waals surface area contributed by atoms with Crippen molar-refractivity contribution >= 4 is 35.8 Å². The third-order valence-electron chi connectivity index (χ3n) is 0.677. The zero-order valence-electron chi connectivity index (χ0n) is 5.89. The summed E-state index contributed by atoms with van der Waals surface area (Å²) < 4.78 is 4.63. The molecule has 0 unspecified atom stereocenters. The van der Waals surface area contributed by atoms with E-state index in [1.807, 2.05) is 0 Å². The molecule has 0 aromatic heterocycles. The Morgan fingerprint density at radius 2 is 2.10 bits per heavy atom. The largest absolute Gasteiger partial charge is 0.465 e. The number of halogens is 2. The van der Waals surface area contributed by atoms with Gasteiger partial charge in [0.15, 0.2) is 0 Å².